The van der Waals surface area contributed by atoms with Gasteiger partial charge in [0.1, 0.15) is 30.6 Å². The minimum atomic E-state index is -1.12. The summed E-state index contributed by atoms with van der Waals surface area (Å²) in [6.45, 7) is 11.0. The van der Waals surface area contributed by atoms with Crippen LogP contribution in [0, 0.1) is 23.7 Å². The van der Waals surface area contributed by atoms with Crippen LogP contribution in [-0.4, -0.2) is 101 Å². The molecule has 2 fully saturated rings. The molecule has 4 N–H and O–H groups in total. The van der Waals surface area contributed by atoms with Crippen LogP contribution in [0.4, 0.5) is 0 Å². The summed E-state index contributed by atoms with van der Waals surface area (Å²) in [5, 5.41) is 11.1. The van der Waals surface area contributed by atoms with E-state index in [9.17, 15) is 28.8 Å². The van der Waals surface area contributed by atoms with Gasteiger partial charge in [0.15, 0.2) is 0 Å². The molecule has 5 amide bonds. The van der Waals surface area contributed by atoms with E-state index < -0.39 is 71.4 Å². The molecule has 1 saturated carbocycles. The van der Waals surface area contributed by atoms with Crippen LogP contribution in [0.3, 0.4) is 0 Å². The Balaban J connectivity index is 1.56. The Morgan fingerprint density at radius 3 is 2.19 bits per heavy atom. The van der Waals surface area contributed by atoms with E-state index in [4.69, 9.17) is 9.47 Å². The number of nitrogens with one attached hydrogen (secondary N) is 4. The summed E-state index contributed by atoms with van der Waals surface area (Å²) >= 11 is 0. The lowest BCUT2D eigenvalue weighted by molar-refractivity contribution is -0.145. The van der Waals surface area contributed by atoms with E-state index in [0.717, 1.165) is 5.56 Å². The fourth-order valence-corrected chi connectivity index (χ4v) is 7.37. The minimum Gasteiger partial charge on any atom is -0.359 e. The molecule has 4 rings (SSSR count). The molecule has 2 aromatic rings. The number of Topliss-reactive ketones (excluding diaryl/α,β-unsaturated/α-hetero) is 1. The predicted octanol–water partition coefficient (Wildman–Crippen LogP) is 2.33. The largest absolute Gasteiger partial charge is 0.359 e. The first-order valence-corrected chi connectivity index (χ1v) is 18.8. The van der Waals surface area contributed by atoms with Gasteiger partial charge >= 0.3 is 0 Å². The van der Waals surface area contributed by atoms with E-state index in [-0.39, 0.29) is 49.3 Å². The number of aromatic nitrogens is 2. The molecule has 2 aliphatic rings. The van der Waals surface area contributed by atoms with E-state index in [1.165, 1.54) is 30.6 Å². The molecular weight excluding hydrogens is 694 g/mol. The van der Waals surface area contributed by atoms with E-state index >= 15 is 0 Å². The van der Waals surface area contributed by atoms with Crippen LogP contribution in [0.15, 0.2) is 48.9 Å². The number of benzene rings is 1. The van der Waals surface area contributed by atoms with Crippen molar-refractivity contribution in [3.8, 4) is 0 Å². The summed E-state index contributed by atoms with van der Waals surface area (Å²) in [6, 6.07) is 4.62. The van der Waals surface area contributed by atoms with Crippen molar-refractivity contribution in [2.24, 2.45) is 23.7 Å². The smallest absolute Gasteiger partial charge is 0.290 e. The summed E-state index contributed by atoms with van der Waals surface area (Å²) in [6.07, 6.45) is 5.76. The highest BCUT2D eigenvalue weighted by Gasteiger charge is 2.55. The molecule has 1 aromatic heterocycles. The molecular formula is C39H55N7O8. The normalized spacial score (nSPS) is 21.5. The van der Waals surface area contributed by atoms with Gasteiger partial charge in [-0.05, 0) is 49.5 Å². The van der Waals surface area contributed by atoms with Crippen LogP contribution in [0.2, 0.25) is 0 Å². The SMILES string of the molecule is CCCC(NC(=O)C1[C@H]2CC[C@@H](OCOC)[C@H]2CN1C(=O)[C@@H](NC(=O)[C@@H](NC(=O)c1cnccn1)C(C)C)C(C)C)C(=O)C(=O)N[C@@H](C)c1ccccc1. The van der Waals surface area contributed by atoms with Gasteiger partial charge in [-0.3, -0.25) is 33.8 Å². The highest BCUT2D eigenvalue weighted by atomic mass is 16.7. The maximum atomic E-state index is 14.6. The van der Waals surface area contributed by atoms with E-state index in [1.54, 1.807) is 34.6 Å². The Hall–Kier alpha value is -4.76. The van der Waals surface area contributed by atoms with Crippen molar-refractivity contribution in [2.75, 3.05) is 20.4 Å². The molecule has 2 unspecified atom stereocenters. The summed E-state index contributed by atoms with van der Waals surface area (Å²) in [5.41, 5.74) is 0.866. The number of rotatable bonds is 18. The van der Waals surface area contributed by atoms with E-state index in [2.05, 4.69) is 31.2 Å². The fraction of sp³-hybridized carbons (Fsp3) is 0.590. The lowest BCUT2D eigenvalue weighted by atomic mass is 9.92. The van der Waals surface area contributed by atoms with Crippen molar-refractivity contribution in [3.63, 3.8) is 0 Å². The van der Waals surface area contributed by atoms with E-state index in [1.807, 2.05) is 37.3 Å². The first-order valence-electron chi connectivity index (χ1n) is 18.8. The Bertz CT molecular complexity index is 1610. The number of methoxy groups -OCH3 is 1. The number of carbonyl (C=O) groups is 6. The second kappa shape index (κ2) is 19.5. The summed E-state index contributed by atoms with van der Waals surface area (Å²) in [7, 11) is 1.52. The molecule has 15 heteroatoms. The number of hydrogen-bond donors (Lipinski definition) is 4. The summed E-state index contributed by atoms with van der Waals surface area (Å²) < 4.78 is 11.1. The number of ether oxygens (including phenoxy) is 2. The summed E-state index contributed by atoms with van der Waals surface area (Å²) in [5.74, 6) is -5.05. The molecule has 1 aliphatic carbocycles. The van der Waals surface area contributed by atoms with Crippen LogP contribution < -0.4 is 21.3 Å². The zero-order valence-corrected chi connectivity index (χ0v) is 32.2. The minimum absolute atomic E-state index is 0.0400. The van der Waals surface area contributed by atoms with Gasteiger partial charge in [-0.2, -0.15) is 0 Å². The van der Waals surface area contributed by atoms with Crippen molar-refractivity contribution < 1.29 is 38.2 Å². The molecule has 8 atom stereocenters. The van der Waals surface area contributed by atoms with E-state index in [0.29, 0.717) is 19.3 Å². The van der Waals surface area contributed by atoms with Crippen LogP contribution >= 0.6 is 0 Å². The number of ketones is 1. The van der Waals surface area contributed by atoms with Crippen molar-refractivity contribution >= 4 is 35.3 Å². The fourth-order valence-electron chi connectivity index (χ4n) is 7.37. The molecule has 0 spiro atoms. The monoisotopic (exact) mass is 749 g/mol. The number of carbonyl (C=O) groups excluding carboxylic acids is 6. The van der Waals surface area contributed by atoms with Crippen molar-refractivity contribution in [3.05, 3.63) is 60.2 Å². The molecule has 0 radical (unpaired) electrons. The molecule has 1 aromatic carbocycles. The van der Waals surface area contributed by atoms with Crippen LogP contribution in [0.25, 0.3) is 0 Å². The van der Waals surface area contributed by atoms with Crippen LogP contribution in [-0.2, 0) is 33.4 Å². The van der Waals surface area contributed by atoms with Crippen molar-refractivity contribution in [1.82, 2.24) is 36.1 Å². The first-order chi connectivity index (χ1) is 25.8. The van der Waals surface area contributed by atoms with Gasteiger partial charge < -0.3 is 35.6 Å². The number of likely N-dealkylation sites (tertiary alicyclic amines) is 1. The molecule has 1 saturated heterocycles. The van der Waals surface area contributed by atoms with Crippen LogP contribution in [0.5, 0.6) is 0 Å². The summed E-state index contributed by atoms with van der Waals surface area (Å²) in [4.78, 5) is 91.7. The average molecular weight is 750 g/mol. The Morgan fingerprint density at radius 1 is 0.870 bits per heavy atom. The van der Waals surface area contributed by atoms with Gasteiger partial charge in [0.25, 0.3) is 11.8 Å². The number of nitrogens with zero attached hydrogens (tertiary/aromatic N) is 3. The van der Waals surface area contributed by atoms with Crippen molar-refractivity contribution in [1.29, 1.82) is 0 Å². The molecule has 54 heavy (non-hydrogen) atoms. The Kier molecular flexibility index (Phi) is 15.2. The highest BCUT2D eigenvalue weighted by molar-refractivity contribution is 6.38. The van der Waals surface area contributed by atoms with Gasteiger partial charge in [-0.15, -0.1) is 0 Å². The van der Waals surface area contributed by atoms with Gasteiger partial charge in [-0.25, -0.2) is 4.98 Å². The zero-order valence-electron chi connectivity index (χ0n) is 32.2. The third-order valence-electron chi connectivity index (χ3n) is 10.3. The Labute approximate surface area is 317 Å². The lowest BCUT2D eigenvalue weighted by Gasteiger charge is -2.34. The van der Waals surface area contributed by atoms with Crippen LogP contribution in [0.1, 0.15) is 89.3 Å². The molecule has 2 heterocycles. The number of hydrogen-bond acceptors (Lipinski definition) is 10. The predicted molar refractivity (Wildman–Crippen MR) is 198 cm³/mol. The quantitative estimate of drug-likeness (QED) is 0.130. The zero-order chi connectivity index (χ0) is 39.5. The molecule has 1 aliphatic heterocycles. The molecule has 0 bridgehead atoms. The maximum Gasteiger partial charge on any atom is 0.290 e. The maximum absolute atomic E-state index is 14.6. The highest BCUT2D eigenvalue weighted by Crippen LogP contribution is 2.44. The first kappa shape index (κ1) is 42.0. The van der Waals surface area contributed by atoms with Gasteiger partial charge in [0, 0.05) is 32.0 Å². The van der Waals surface area contributed by atoms with Gasteiger partial charge in [0.2, 0.25) is 23.5 Å². The standard InChI is InChI=1S/C39H55N7O8/c1-8-12-28(34(47)38(51)42-24(6)25-13-10-9-11-14-25)43-37(50)33-26-15-16-30(54-21-53-7)27(26)20-46(33)39(52)32(23(4)5)45-36(49)31(22(2)3)44-35(48)29-19-40-17-18-41-29/h9-11,13-14,17-19,22-24,26-28,30-33H,8,12,15-16,20-21H2,1-7H3,(H,42,51)(H,43,50)(H,44,48)(H,45,49)/t24-,26-,27-,28?,30+,31-,32-,33?/m0/s1. The van der Waals surface area contributed by atoms with Crippen molar-refractivity contribution in [2.45, 2.75) is 104 Å². The number of fused-ring (bicyclic) bond motifs is 1. The second-order valence-electron chi connectivity index (χ2n) is 14.8. The third-order valence-corrected chi connectivity index (χ3v) is 10.3. The molecule has 294 valence electrons. The molecule has 15 nitrogen and oxygen atoms in total. The topological polar surface area (TPSA) is 198 Å². The lowest BCUT2D eigenvalue weighted by Crippen LogP contribution is -2.60. The number of amides is 5. The second-order valence-corrected chi connectivity index (χ2v) is 14.8. The average Bonchev–Trinajstić information content (AvgIpc) is 3.74. The third kappa shape index (κ3) is 10.3. The Morgan fingerprint density at radius 2 is 1.57 bits per heavy atom. The van der Waals surface area contributed by atoms with Gasteiger partial charge in [0.05, 0.1) is 24.4 Å². The van der Waals surface area contributed by atoms with Gasteiger partial charge in [-0.1, -0.05) is 71.4 Å².